The lowest BCUT2D eigenvalue weighted by Crippen LogP contribution is -2.30. The van der Waals surface area contributed by atoms with Gasteiger partial charge in [-0.1, -0.05) is 36.7 Å². The molecule has 1 aromatic carbocycles. The Hall–Kier alpha value is -2.53. The SMILES string of the molecule is CCCN1C(=O)c2n[nH]c(-c3ccco3)c2C1c1ccccc1Cl. The molecule has 4 rings (SSSR count). The molecule has 0 fully saturated rings. The van der Waals surface area contributed by atoms with Crippen LogP contribution >= 0.6 is 11.6 Å². The van der Waals surface area contributed by atoms with Crippen molar-refractivity contribution in [1.29, 1.82) is 0 Å². The Morgan fingerprint density at radius 1 is 1.29 bits per heavy atom. The van der Waals surface area contributed by atoms with Crippen molar-refractivity contribution >= 4 is 17.5 Å². The second-order valence-corrected chi connectivity index (χ2v) is 6.17. The number of carbonyl (C=O) groups excluding carboxylic acids is 1. The van der Waals surface area contributed by atoms with Crippen molar-refractivity contribution in [2.24, 2.45) is 0 Å². The molecule has 0 saturated carbocycles. The minimum atomic E-state index is -0.264. The molecule has 0 bridgehead atoms. The average molecular weight is 342 g/mol. The van der Waals surface area contributed by atoms with Gasteiger partial charge in [0.25, 0.3) is 5.91 Å². The summed E-state index contributed by atoms with van der Waals surface area (Å²) in [5, 5.41) is 7.84. The molecule has 0 aliphatic carbocycles. The summed E-state index contributed by atoms with van der Waals surface area (Å²) in [4.78, 5) is 14.7. The Morgan fingerprint density at radius 2 is 2.12 bits per heavy atom. The number of nitrogens with zero attached hydrogens (tertiary/aromatic N) is 2. The van der Waals surface area contributed by atoms with E-state index < -0.39 is 0 Å². The molecule has 24 heavy (non-hydrogen) atoms. The Bertz CT molecular complexity index is 886. The number of furan rings is 1. The third-order valence-electron chi connectivity index (χ3n) is 4.28. The molecule has 5 nitrogen and oxygen atoms in total. The number of carbonyl (C=O) groups is 1. The largest absolute Gasteiger partial charge is 0.463 e. The summed E-state index contributed by atoms with van der Waals surface area (Å²) in [5.74, 6) is 0.581. The van der Waals surface area contributed by atoms with Crippen molar-refractivity contribution in [3.8, 4) is 11.5 Å². The Balaban J connectivity index is 1.93. The average Bonchev–Trinajstić information content (AvgIpc) is 3.28. The molecule has 1 atom stereocenters. The number of aromatic amines is 1. The van der Waals surface area contributed by atoms with Crippen molar-refractivity contribution < 1.29 is 9.21 Å². The smallest absolute Gasteiger partial charge is 0.275 e. The van der Waals surface area contributed by atoms with Gasteiger partial charge < -0.3 is 9.32 Å². The highest BCUT2D eigenvalue weighted by Gasteiger charge is 2.43. The fraction of sp³-hybridized carbons (Fsp3) is 0.222. The van der Waals surface area contributed by atoms with Gasteiger partial charge in [-0.2, -0.15) is 5.10 Å². The minimum Gasteiger partial charge on any atom is -0.463 e. The van der Waals surface area contributed by atoms with E-state index in [1.54, 1.807) is 6.26 Å². The van der Waals surface area contributed by atoms with E-state index in [9.17, 15) is 4.79 Å². The molecule has 3 heterocycles. The Morgan fingerprint density at radius 3 is 2.83 bits per heavy atom. The minimum absolute atomic E-state index is 0.0779. The van der Waals surface area contributed by atoms with E-state index in [2.05, 4.69) is 10.2 Å². The van der Waals surface area contributed by atoms with Gasteiger partial charge in [-0.3, -0.25) is 9.89 Å². The molecule has 3 aromatic rings. The zero-order valence-electron chi connectivity index (χ0n) is 13.1. The second-order valence-electron chi connectivity index (χ2n) is 5.76. The molecule has 2 aromatic heterocycles. The number of benzene rings is 1. The van der Waals surface area contributed by atoms with Crippen LogP contribution in [0.2, 0.25) is 5.02 Å². The predicted octanol–water partition coefficient (Wildman–Crippen LogP) is 4.28. The molecule has 1 aliphatic heterocycles. The van der Waals surface area contributed by atoms with E-state index in [1.165, 1.54) is 0 Å². The van der Waals surface area contributed by atoms with Gasteiger partial charge in [0, 0.05) is 17.1 Å². The van der Waals surface area contributed by atoms with Gasteiger partial charge in [-0.25, -0.2) is 0 Å². The number of rotatable bonds is 4. The molecular formula is C18H16ClN3O2. The number of aromatic nitrogens is 2. The molecule has 1 aliphatic rings. The fourth-order valence-corrected chi connectivity index (χ4v) is 3.53. The first-order valence-corrected chi connectivity index (χ1v) is 8.27. The van der Waals surface area contributed by atoms with Crippen LogP contribution < -0.4 is 0 Å². The van der Waals surface area contributed by atoms with Gasteiger partial charge >= 0.3 is 0 Å². The lowest BCUT2D eigenvalue weighted by Gasteiger charge is -2.26. The summed E-state index contributed by atoms with van der Waals surface area (Å²) >= 11 is 6.44. The lowest BCUT2D eigenvalue weighted by molar-refractivity contribution is 0.0744. The first-order chi connectivity index (χ1) is 11.7. The molecule has 0 saturated heterocycles. The lowest BCUT2D eigenvalue weighted by atomic mass is 9.98. The van der Waals surface area contributed by atoms with Gasteiger partial charge in [0.05, 0.1) is 12.3 Å². The summed E-state index contributed by atoms with van der Waals surface area (Å²) in [5.41, 5.74) is 2.90. The van der Waals surface area contributed by atoms with Crippen LogP contribution in [0.3, 0.4) is 0 Å². The third-order valence-corrected chi connectivity index (χ3v) is 4.63. The maximum atomic E-state index is 12.8. The predicted molar refractivity (Wildman–Crippen MR) is 90.9 cm³/mol. The second kappa shape index (κ2) is 5.83. The normalized spacial score (nSPS) is 16.7. The van der Waals surface area contributed by atoms with E-state index in [0.29, 0.717) is 23.0 Å². The standard InChI is InChI=1S/C18H16ClN3O2/c1-2-9-22-17(11-6-3-4-7-12(11)19)14-15(13-8-5-10-24-13)20-21-16(14)18(22)23/h3-8,10,17H,2,9H2,1H3,(H,20,21). The van der Waals surface area contributed by atoms with Gasteiger partial charge in [0.15, 0.2) is 11.5 Å². The molecule has 1 unspecified atom stereocenters. The van der Waals surface area contributed by atoms with Crippen molar-refractivity contribution in [3.05, 3.63) is 64.5 Å². The number of fused-ring (bicyclic) bond motifs is 1. The highest BCUT2D eigenvalue weighted by molar-refractivity contribution is 6.31. The van der Waals surface area contributed by atoms with Gasteiger partial charge in [0.1, 0.15) is 5.69 Å². The van der Waals surface area contributed by atoms with Crippen LogP contribution in [0.5, 0.6) is 0 Å². The first-order valence-electron chi connectivity index (χ1n) is 7.90. The van der Waals surface area contributed by atoms with Crippen molar-refractivity contribution in [3.63, 3.8) is 0 Å². The molecule has 1 amide bonds. The van der Waals surface area contributed by atoms with Crippen LogP contribution in [0.4, 0.5) is 0 Å². The van der Waals surface area contributed by atoms with Gasteiger partial charge in [0.2, 0.25) is 0 Å². The van der Waals surface area contributed by atoms with Crippen LogP contribution in [0, 0.1) is 0 Å². The van der Waals surface area contributed by atoms with Crippen molar-refractivity contribution in [2.75, 3.05) is 6.54 Å². The van der Waals surface area contributed by atoms with Crippen LogP contribution in [0.1, 0.15) is 41.0 Å². The molecule has 1 N–H and O–H groups in total. The highest BCUT2D eigenvalue weighted by atomic mass is 35.5. The molecular weight excluding hydrogens is 326 g/mol. The Labute approximate surface area is 144 Å². The highest BCUT2D eigenvalue weighted by Crippen LogP contribution is 2.44. The summed E-state index contributed by atoms with van der Waals surface area (Å²) in [7, 11) is 0. The van der Waals surface area contributed by atoms with Crippen LogP contribution in [0.25, 0.3) is 11.5 Å². The summed E-state index contributed by atoms with van der Waals surface area (Å²) in [6, 6.07) is 11.0. The number of amides is 1. The number of H-pyrrole nitrogens is 1. The van der Waals surface area contributed by atoms with Gasteiger partial charge in [-0.05, 0) is 30.2 Å². The molecule has 6 heteroatoms. The van der Waals surface area contributed by atoms with Gasteiger partial charge in [-0.15, -0.1) is 0 Å². The summed E-state index contributed by atoms with van der Waals surface area (Å²) < 4.78 is 5.51. The Kier molecular flexibility index (Phi) is 3.65. The molecule has 0 spiro atoms. The quantitative estimate of drug-likeness (QED) is 0.770. The zero-order valence-corrected chi connectivity index (χ0v) is 13.9. The number of halogens is 1. The van der Waals surface area contributed by atoms with E-state index in [-0.39, 0.29) is 11.9 Å². The monoisotopic (exact) mass is 341 g/mol. The van der Waals surface area contributed by atoms with E-state index >= 15 is 0 Å². The fourth-order valence-electron chi connectivity index (χ4n) is 3.29. The zero-order chi connectivity index (χ0) is 16.7. The first kappa shape index (κ1) is 15.0. The molecule has 0 radical (unpaired) electrons. The topological polar surface area (TPSA) is 62.1 Å². The molecule has 122 valence electrons. The van der Waals surface area contributed by atoms with Crippen LogP contribution in [0.15, 0.2) is 47.1 Å². The summed E-state index contributed by atoms with van der Waals surface area (Å²) in [6.07, 6.45) is 2.46. The van der Waals surface area contributed by atoms with Crippen LogP contribution in [-0.4, -0.2) is 27.5 Å². The number of hydrogen-bond acceptors (Lipinski definition) is 3. The van der Waals surface area contributed by atoms with E-state index in [0.717, 1.165) is 23.2 Å². The van der Waals surface area contributed by atoms with Crippen molar-refractivity contribution in [2.45, 2.75) is 19.4 Å². The van der Waals surface area contributed by atoms with E-state index in [4.69, 9.17) is 16.0 Å². The third kappa shape index (κ3) is 2.16. The maximum Gasteiger partial charge on any atom is 0.275 e. The number of hydrogen-bond donors (Lipinski definition) is 1. The maximum absolute atomic E-state index is 12.8. The summed E-state index contributed by atoms with van der Waals surface area (Å²) in [6.45, 7) is 2.69. The van der Waals surface area contributed by atoms with E-state index in [1.807, 2.05) is 48.2 Å². The number of nitrogens with one attached hydrogen (secondary N) is 1. The van der Waals surface area contributed by atoms with Crippen LogP contribution in [-0.2, 0) is 0 Å². The van der Waals surface area contributed by atoms with Crippen molar-refractivity contribution in [1.82, 2.24) is 15.1 Å².